The van der Waals surface area contributed by atoms with E-state index in [0.29, 0.717) is 5.56 Å². The first-order valence-corrected chi connectivity index (χ1v) is 13.2. The van der Waals surface area contributed by atoms with Gasteiger partial charge in [0.05, 0.1) is 12.2 Å². The second kappa shape index (κ2) is 12.6. The molecule has 10 heteroatoms. The van der Waals surface area contributed by atoms with Gasteiger partial charge in [0, 0.05) is 5.82 Å². The summed E-state index contributed by atoms with van der Waals surface area (Å²) >= 11 is 0. The second-order valence-corrected chi connectivity index (χ2v) is 12.2. The van der Waals surface area contributed by atoms with E-state index in [-0.39, 0.29) is 12.2 Å². The molecule has 35 heavy (non-hydrogen) atoms. The summed E-state index contributed by atoms with van der Waals surface area (Å²) in [6, 6.07) is 7.73. The minimum atomic E-state index is -3.72. The Morgan fingerprint density at radius 1 is 0.857 bits per heavy atom. The fourth-order valence-corrected chi connectivity index (χ4v) is 4.45. The van der Waals surface area contributed by atoms with Gasteiger partial charge in [0.25, 0.3) is 0 Å². The zero-order chi connectivity index (χ0) is 27.0. The Labute approximate surface area is 209 Å². The molecule has 1 aromatic carbocycles. The lowest BCUT2D eigenvalue weighted by Crippen LogP contribution is -2.41. The summed E-state index contributed by atoms with van der Waals surface area (Å²) in [7, 11) is -3.72. The molecule has 1 unspecified atom stereocenters. The highest BCUT2D eigenvalue weighted by Crippen LogP contribution is 2.52. The van der Waals surface area contributed by atoms with Crippen molar-refractivity contribution in [1.82, 2.24) is 5.06 Å². The lowest BCUT2D eigenvalue weighted by atomic mass is 10.1. The van der Waals surface area contributed by atoms with Crippen LogP contribution < -0.4 is 0 Å². The number of ether oxygens (including phenoxy) is 2. The van der Waals surface area contributed by atoms with Gasteiger partial charge in [0.15, 0.2) is 0 Å². The van der Waals surface area contributed by atoms with Crippen molar-refractivity contribution in [3.8, 4) is 0 Å². The van der Waals surface area contributed by atoms with Crippen LogP contribution in [-0.2, 0) is 27.9 Å². The van der Waals surface area contributed by atoms with Crippen molar-refractivity contribution in [2.75, 3.05) is 0 Å². The molecule has 0 aliphatic carbocycles. The molecular weight excluding hydrogens is 473 g/mol. The van der Waals surface area contributed by atoms with Crippen molar-refractivity contribution in [2.45, 2.75) is 98.7 Å². The van der Waals surface area contributed by atoms with Gasteiger partial charge in [-0.15, -0.1) is 5.06 Å². The zero-order valence-electron chi connectivity index (χ0n) is 22.4. The van der Waals surface area contributed by atoms with E-state index in [0.717, 1.165) is 5.06 Å². The molecule has 1 aromatic rings. The van der Waals surface area contributed by atoms with Crippen molar-refractivity contribution >= 4 is 19.8 Å². The van der Waals surface area contributed by atoms with Crippen LogP contribution in [0.4, 0.5) is 9.59 Å². The molecule has 0 aromatic heterocycles. The average Bonchev–Trinajstić information content (AvgIpc) is 2.63. The van der Waals surface area contributed by atoms with Crippen molar-refractivity contribution in [1.29, 1.82) is 0 Å². The number of benzene rings is 1. The first kappa shape index (κ1) is 30.7. The van der Waals surface area contributed by atoms with Crippen LogP contribution in [-0.4, -0.2) is 40.7 Å². The van der Waals surface area contributed by atoms with E-state index in [1.807, 2.05) is 0 Å². The third kappa shape index (κ3) is 12.3. The lowest BCUT2D eigenvalue weighted by molar-refractivity contribution is -0.149. The summed E-state index contributed by atoms with van der Waals surface area (Å²) in [6.07, 6.45) is -1.39. The predicted octanol–water partition coefficient (Wildman–Crippen LogP) is 7.39. The van der Waals surface area contributed by atoms with Gasteiger partial charge in [0.1, 0.15) is 17.2 Å². The zero-order valence-corrected chi connectivity index (χ0v) is 23.3. The number of amides is 1. The molecule has 0 heterocycles. The Hall–Kier alpha value is -2.35. The van der Waals surface area contributed by atoms with Gasteiger partial charge in [-0.05, 0) is 80.9 Å². The van der Waals surface area contributed by atoms with Crippen LogP contribution in [0.3, 0.4) is 0 Å². The summed E-state index contributed by atoms with van der Waals surface area (Å²) in [6.45, 7) is 17.0. The first-order valence-electron chi connectivity index (χ1n) is 11.5. The first-order chi connectivity index (χ1) is 15.9. The maximum atomic E-state index is 13.4. The SMILES string of the molecule is CC(C)OP(=O)(/C=C/C(c1ccccc1)N(OC(=O)OC(C)(C)C)C(=O)OC(C)(C)C)OC(C)C. The smallest absolute Gasteiger partial charge is 0.442 e. The molecule has 0 N–H and O–H groups in total. The molecule has 0 saturated carbocycles. The Bertz CT molecular complexity index is 886. The molecule has 0 aliphatic rings. The van der Waals surface area contributed by atoms with Crippen LogP contribution in [0.2, 0.25) is 0 Å². The Morgan fingerprint density at radius 2 is 1.34 bits per heavy atom. The maximum absolute atomic E-state index is 13.4. The quantitative estimate of drug-likeness (QED) is 0.201. The molecule has 0 saturated heterocycles. The average molecular weight is 514 g/mol. The van der Waals surface area contributed by atoms with Gasteiger partial charge in [-0.2, -0.15) is 0 Å². The van der Waals surface area contributed by atoms with E-state index >= 15 is 0 Å². The van der Waals surface area contributed by atoms with E-state index in [9.17, 15) is 14.2 Å². The molecule has 9 nitrogen and oxygen atoms in total. The van der Waals surface area contributed by atoms with Crippen LogP contribution >= 0.6 is 7.60 Å². The van der Waals surface area contributed by atoms with E-state index < -0.39 is 37.1 Å². The number of nitrogens with zero attached hydrogens (tertiary/aromatic N) is 1. The van der Waals surface area contributed by atoms with E-state index in [2.05, 4.69) is 0 Å². The predicted molar refractivity (Wildman–Crippen MR) is 134 cm³/mol. The van der Waals surface area contributed by atoms with Crippen LogP contribution in [0.5, 0.6) is 0 Å². The van der Waals surface area contributed by atoms with Crippen molar-refractivity contribution in [2.24, 2.45) is 0 Å². The van der Waals surface area contributed by atoms with Crippen LogP contribution in [0.25, 0.3) is 0 Å². The van der Waals surface area contributed by atoms with Gasteiger partial charge in [-0.1, -0.05) is 30.3 Å². The van der Waals surface area contributed by atoms with Gasteiger partial charge in [-0.3, -0.25) is 9.40 Å². The number of carbonyl (C=O) groups is 2. The van der Waals surface area contributed by atoms with Crippen molar-refractivity contribution < 1.29 is 37.5 Å². The number of hydrogen-bond donors (Lipinski definition) is 0. The molecule has 0 fully saturated rings. The Morgan fingerprint density at radius 3 is 1.77 bits per heavy atom. The van der Waals surface area contributed by atoms with E-state index in [1.54, 1.807) is 99.6 Å². The highest BCUT2D eigenvalue weighted by molar-refractivity contribution is 7.57. The third-order valence-electron chi connectivity index (χ3n) is 3.70. The van der Waals surface area contributed by atoms with Gasteiger partial charge in [-0.25, -0.2) is 9.59 Å². The third-order valence-corrected chi connectivity index (χ3v) is 5.66. The molecule has 0 radical (unpaired) electrons. The van der Waals surface area contributed by atoms with Crippen LogP contribution in [0.1, 0.15) is 80.8 Å². The normalized spacial score (nSPS) is 13.7. The Kier molecular flexibility index (Phi) is 11.0. The van der Waals surface area contributed by atoms with Crippen molar-refractivity contribution in [3.05, 3.63) is 47.8 Å². The summed E-state index contributed by atoms with van der Waals surface area (Å²) in [4.78, 5) is 31.1. The minimum Gasteiger partial charge on any atom is -0.442 e. The summed E-state index contributed by atoms with van der Waals surface area (Å²) in [5.74, 6) is 1.26. The molecule has 0 aliphatic heterocycles. The number of carbonyl (C=O) groups excluding carboxylic acids is 2. The van der Waals surface area contributed by atoms with Gasteiger partial charge < -0.3 is 18.5 Å². The lowest BCUT2D eigenvalue weighted by Gasteiger charge is -2.31. The second-order valence-electron chi connectivity index (χ2n) is 10.4. The molecule has 0 bridgehead atoms. The highest BCUT2D eigenvalue weighted by Gasteiger charge is 2.35. The molecular formula is C25H40NO8P. The van der Waals surface area contributed by atoms with Crippen LogP contribution in [0.15, 0.2) is 42.2 Å². The molecule has 198 valence electrons. The van der Waals surface area contributed by atoms with E-state index in [1.165, 1.54) is 11.9 Å². The van der Waals surface area contributed by atoms with Crippen LogP contribution in [0, 0.1) is 0 Å². The number of rotatable bonds is 8. The molecule has 0 spiro atoms. The Balaban J connectivity index is 3.54. The van der Waals surface area contributed by atoms with Gasteiger partial charge >= 0.3 is 19.8 Å². The number of hydroxylamine groups is 2. The molecule has 1 atom stereocenters. The standard InChI is InChI=1S/C25H40NO8P/c1-18(2)33-35(29,34-19(3)4)17-16-21(20-14-12-11-13-15-20)26(22(27)30-24(5,6)7)32-23(28)31-25(8,9)10/h11-19,21H,1-10H3/b17-16+. The monoisotopic (exact) mass is 513 g/mol. The van der Waals surface area contributed by atoms with E-state index in [4.69, 9.17) is 23.4 Å². The van der Waals surface area contributed by atoms with Crippen molar-refractivity contribution in [3.63, 3.8) is 0 Å². The molecule has 1 amide bonds. The fraction of sp³-hybridized carbons (Fsp3) is 0.600. The minimum absolute atomic E-state index is 0.389. The number of hydrogen-bond acceptors (Lipinski definition) is 8. The largest absolute Gasteiger partial charge is 0.534 e. The summed E-state index contributed by atoms with van der Waals surface area (Å²) in [5, 5.41) is 0.750. The van der Waals surface area contributed by atoms with Gasteiger partial charge in [0.2, 0.25) is 0 Å². The topological polar surface area (TPSA) is 101 Å². The maximum Gasteiger partial charge on any atom is 0.534 e. The highest BCUT2D eigenvalue weighted by atomic mass is 31.2. The summed E-state index contributed by atoms with van der Waals surface area (Å²) < 4.78 is 35.3. The summed E-state index contributed by atoms with van der Waals surface area (Å²) in [5.41, 5.74) is -1.19. The molecule has 1 rings (SSSR count). The fourth-order valence-electron chi connectivity index (χ4n) is 2.71.